The first-order valence-electron chi connectivity index (χ1n) is 4.71. The Kier molecular flexibility index (Phi) is 4.97. The average Bonchev–Trinajstić information content (AvgIpc) is 2.71. The third-order valence-corrected chi connectivity index (χ3v) is 2.21. The van der Waals surface area contributed by atoms with E-state index in [-0.39, 0.29) is 18.9 Å². The molecule has 2 N–H and O–H groups in total. The summed E-state index contributed by atoms with van der Waals surface area (Å²) in [7, 11) is 0. The van der Waals surface area contributed by atoms with Crippen LogP contribution in [-0.2, 0) is 14.4 Å². The summed E-state index contributed by atoms with van der Waals surface area (Å²) < 4.78 is 4.82. The first-order valence-corrected chi connectivity index (χ1v) is 5.59. The van der Waals surface area contributed by atoms with Gasteiger partial charge in [0.15, 0.2) is 11.7 Å². The Morgan fingerprint density at radius 1 is 1.76 bits per heavy atom. The van der Waals surface area contributed by atoms with Gasteiger partial charge in [0.2, 0.25) is 5.71 Å². The molecule has 0 saturated heterocycles. The molecule has 0 fully saturated rings. The molecule has 0 unspecified atom stereocenters. The summed E-state index contributed by atoms with van der Waals surface area (Å²) in [4.78, 5) is 20.3. The van der Waals surface area contributed by atoms with Crippen LogP contribution in [0.4, 0.5) is 5.13 Å². The van der Waals surface area contributed by atoms with Crippen LogP contribution in [0.25, 0.3) is 0 Å². The maximum Gasteiger partial charge on any atom is 0.362 e. The van der Waals surface area contributed by atoms with Crippen LogP contribution < -0.4 is 5.73 Å². The molecular weight excluding hydrogens is 242 g/mol. The largest absolute Gasteiger partial charge is 0.461 e. The second-order valence-corrected chi connectivity index (χ2v) is 3.60. The van der Waals surface area contributed by atoms with E-state index in [4.69, 9.17) is 21.7 Å². The first-order chi connectivity index (χ1) is 8.19. The van der Waals surface area contributed by atoms with Gasteiger partial charge in [0.1, 0.15) is 5.69 Å². The lowest BCUT2D eigenvalue weighted by atomic mass is 10.3. The van der Waals surface area contributed by atoms with E-state index < -0.39 is 5.97 Å². The number of hydrogen-bond donors (Lipinski definition) is 1. The van der Waals surface area contributed by atoms with Crippen molar-refractivity contribution in [3.8, 4) is 12.3 Å². The molecule has 0 aromatic carbocycles. The maximum absolute atomic E-state index is 11.6. The molecule has 6 nitrogen and oxygen atoms in total. The summed E-state index contributed by atoms with van der Waals surface area (Å²) in [6, 6.07) is 0. The van der Waals surface area contributed by atoms with Crippen LogP contribution in [0.5, 0.6) is 0 Å². The molecule has 0 amide bonds. The molecule has 0 aliphatic carbocycles. The van der Waals surface area contributed by atoms with Crippen LogP contribution in [0.15, 0.2) is 10.5 Å². The van der Waals surface area contributed by atoms with Gasteiger partial charge in [-0.3, -0.25) is 0 Å². The normalized spacial score (nSPS) is 10.7. The topological polar surface area (TPSA) is 86.8 Å². The molecule has 1 rings (SSSR count). The number of thiazole rings is 1. The molecule has 1 heterocycles. The van der Waals surface area contributed by atoms with Gasteiger partial charge in [-0.15, -0.1) is 17.8 Å². The number of hydrogen-bond acceptors (Lipinski definition) is 7. The molecular formula is C10H11N3O3S. The summed E-state index contributed by atoms with van der Waals surface area (Å²) in [6.45, 7) is 1.88. The zero-order chi connectivity index (χ0) is 12.7. The minimum absolute atomic E-state index is 0.0392. The first kappa shape index (κ1) is 13.0. The fraction of sp³-hybridized carbons (Fsp3) is 0.300. The Morgan fingerprint density at radius 2 is 2.53 bits per heavy atom. The van der Waals surface area contributed by atoms with Crippen molar-refractivity contribution in [3.63, 3.8) is 0 Å². The smallest absolute Gasteiger partial charge is 0.362 e. The molecule has 0 bridgehead atoms. The number of rotatable bonds is 5. The van der Waals surface area contributed by atoms with E-state index in [0.29, 0.717) is 10.8 Å². The molecule has 1 aromatic rings. The number of ether oxygens (including phenoxy) is 1. The third kappa shape index (κ3) is 3.77. The quantitative estimate of drug-likeness (QED) is 0.273. The van der Waals surface area contributed by atoms with Crippen molar-refractivity contribution in [2.24, 2.45) is 5.16 Å². The van der Waals surface area contributed by atoms with Crippen LogP contribution in [0.3, 0.4) is 0 Å². The number of oxime groups is 1. The highest BCUT2D eigenvalue weighted by atomic mass is 32.1. The number of carbonyl (C=O) groups excluding carboxylic acids is 1. The number of aromatic nitrogens is 1. The lowest BCUT2D eigenvalue weighted by Gasteiger charge is -2.02. The van der Waals surface area contributed by atoms with Gasteiger partial charge in [-0.25, -0.2) is 9.78 Å². The zero-order valence-electron chi connectivity index (χ0n) is 9.17. The van der Waals surface area contributed by atoms with Crippen molar-refractivity contribution in [1.82, 2.24) is 4.98 Å². The van der Waals surface area contributed by atoms with Crippen LogP contribution in [0, 0.1) is 12.3 Å². The van der Waals surface area contributed by atoms with Gasteiger partial charge >= 0.3 is 5.97 Å². The van der Waals surface area contributed by atoms with Crippen LogP contribution >= 0.6 is 11.3 Å². The minimum atomic E-state index is -0.630. The molecule has 7 heteroatoms. The molecule has 0 radical (unpaired) electrons. The van der Waals surface area contributed by atoms with Gasteiger partial charge in [0, 0.05) is 5.38 Å². The summed E-state index contributed by atoms with van der Waals surface area (Å²) in [6.07, 6.45) is 5.00. The SMILES string of the molecule is C#CCON=C(C(=O)OCC)c1csc(N)n1. The lowest BCUT2D eigenvalue weighted by Crippen LogP contribution is -2.19. The monoisotopic (exact) mass is 253 g/mol. The fourth-order valence-corrected chi connectivity index (χ4v) is 1.47. The van der Waals surface area contributed by atoms with E-state index in [1.807, 2.05) is 0 Å². The summed E-state index contributed by atoms with van der Waals surface area (Å²) >= 11 is 1.19. The Hall–Kier alpha value is -2.07. The number of nitrogens with two attached hydrogens (primary N) is 1. The molecule has 0 aliphatic heterocycles. The zero-order valence-corrected chi connectivity index (χ0v) is 9.99. The van der Waals surface area contributed by atoms with Crippen molar-refractivity contribution in [2.75, 3.05) is 18.9 Å². The molecule has 90 valence electrons. The predicted molar refractivity (Wildman–Crippen MR) is 64.5 cm³/mol. The summed E-state index contributed by atoms with van der Waals surface area (Å²) in [5.74, 6) is 1.60. The average molecular weight is 253 g/mol. The Labute approximate surface area is 102 Å². The highest BCUT2D eigenvalue weighted by Crippen LogP contribution is 2.12. The number of esters is 1. The van der Waals surface area contributed by atoms with Gasteiger partial charge in [-0.2, -0.15) is 0 Å². The van der Waals surface area contributed by atoms with Crippen molar-refractivity contribution < 1.29 is 14.4 Å². The summed E-state index contributed by atoms with van der Waals surface area (Å²) in [5.41, 5.74) is 5.73. The van der Waals surface area contributed by atoms with Crippen molar-refractivity contribution in [1.29, 1.82) is 0 Å². The van der Waals surface area contributed by atoms with Gasteiger partial charge in [-0.05, 0) is 6.92 Å². The van der Waals surface area contributed by atoms with Crippen molar-refractivity contribution in [2.45, 2.75) is 6.92 Å². The van der Waals surface area contributed by atoms with Gasteiger partial charge in [0.25, 0.3) is 0 Å². The predicted octanol–water partition coefficient (Wildman–Crippen LogP) is 0.642. The molecule has 0 atom stereocenters. The molecule has 0 spiro atoms. The highest BCUT2D eigenvalue weighted by molar-refractivity contribution is 7.13. The Balaban J connectivity index is 2.90. The standard InChI is InChI=1S/C10H11N3O3S/c1-3-5-16-13-8(9(14)15-4-2)7-6-17-10(11)12-7/h1,6H,4-5H2,2H3,(H2,11,12). The van der Waals surface area contributed by atoms with E-state index in [1.54, 1.807) is 12.3 Å². The molecule has 1 aromatic heterocycles. The second-order valence-electron chi connectivity index (χ2n) is 2.71. The number of nitrogen functional groups attached to an aromatic ring is 1. The molecule has 0 saturated carbocycles. The number of terminal acetylenes is 1. The molecule has 0 aliphatic rings. The number of anilines is 1. The minimum Gasteiger partial charge on any atom is -0.461 e. The van der Waals surface area contributed by atoms with Crippen LogP contribution in [-0.4, -0.2) is 29.9 Å². The maximum atomic E-state index is 11.6. The van der Waals surface area contributed by atoms with E-state index in [0.717, 1.165) is 0 Å². The highest BCUT2D eigenvalue weighted by Gasteiger charge is 2.19. The Bertz CT molecular complexity index is 462. The van der Waals surface area contributed by atoms with Gasteiger partial charge in [-0.1, -0.05) is 11.1 Å². The van der Waals surface area contributed by atoms with E-state index in [1.165, 1.54) is 11.3 Å². The van der Waals surface area contributed by atoms with E-state index in [9.17, 15) is 4.79 Å². The van der Waals surface area contributed by atoms with E-state index in [2.05, 4.69) is 16.1 Å². The van der Waals surface area contributed by atoms with Crippen molar-refractivity contribution >= 4 is 28.1 Å². The number of nitrogens with zero attached hydrogens (tertiary/aromatic N) is 2. The van der Waals surface area contributed by atoms with Gasteiger partial charge < -0.3 is 15.3 Å². The number of carbonyl (C=O) groups is 1. The van der Waals surface area contributed by atoms with Gasteiger partial charge in [0.05, 0.1) is 6.61 Å². The molecule has 17 heavy (non-hydrogen) atoms. The lowest BCUT2D eigenvalue weighted by molar-refractivity contribution is -0.135. The van der Waals surface area contributed by atoms with Crippen LogP contribution in [0.1, 0.15) is 12.6 Å². The van der Waals surface area contributed by atoms with E-state index >= 15 is 0 Å². The second kappa shape index (κ2) is 6.50. The van der Waals surface area contributed by atoms with Crippen LogP contribution in [0.2, 0.25) is 0 Å². The summed E-state index contributed by atoms with van der Waals surface area (Å²) in [5, 5.41) is 5.52. The van der Waals surface area contributed by atoms with Crippen molar-refractivity contribution in [3.05, 3.63) is 11.1 Å². The Morgan fingerprint density at radius 3 is 3.06 bits per heavy atom. The fourth-order valence-electron chi connectivity index (χ4n) is 0.919. The third-order valence-electron chi connectivity index (χ3n) is 1.54.